The highest BCUT2D eigenvalue weighted by Gasteiger charge is 2.12. The Morgan fingerprint density at radius 2 is 2.11 bits per heavy atom. The van der Waals surface area contributed by atoms with Crippen LogP contribution in [0, 0.1) is 0 Å². The Morgan fingerprint density at radius 1 is 1.22 bits per heavy atom. The van der Waals surface area contributed by atoms with Crippen molar-refractivity contribution in [3.63, 3.8) is 0 Å². The molecule has 0 bridgehead atoms. The van der Waals surface area contributed by atoms with E-state index in [0.29, 0.717) is 6.54 Å². The van der Waals surface area contributed by atoms with Crippen molar-refractivity contribution in [3.05, 3.63) is 36.7 Å². The first-order chi connectivity index (χ1) is 8.92. The highest BCUT2D eigenvalue weighted by atomic mass is 16.3. The average molecular weight is 244 g/mol. The fraction of sp³-hybridized carbons (Fsp3) is 0.385. The SMILES string of the molecule is c1ncc(CNc2ccc(N3CCCC3)nc2)o1. The maximum atomic E-state index is 5.16. The molecule has 2 aromatic rings. The summed E-state index contributed by atoms with van der Waals surface area (Å²) < 4.78 is 5.16. The van der Waals surface area contributed by atoms with Crippen LogP contribution in [0.25, 0.3) is 0 Å². The zero-order valence-electron chi connectivity index (χ0n) is 10.2. The van der Waals surface area contributed by atoms with Crippen molar-refractivity contribution in [2.75, 3.05) is 23.3 Å². The molecule has 5 nitrogen and oxygen atoms in total. The Balaban J connectivity index is 1.60. The smallest absolute Gasteiger partial charge is 0.180 e. The molecule has 0 aromatic carbocycles. The molecule has 18 heavy (non-hydrogen) atoms. The Morgan fingerprint density at radius 3 is 2.78 bits per heavy atom. The highest BCUT2D eigenvalue weighted by molar-refractivity contribution is 5.49. The third-order valence-electron chi connectivity index (χ3n) is 3.13. The second-order valence-corrected chi connectivity index (χ2v) is 4.42. The van der Waals surface area contributed by atoms with Crippen LogP contribution in [0.2, 0.25) is 0 Å². The molecule has 0 spiro atoms. The lowest BCUT2D eigenvalue weighted by Crippen LogP contribution is -2.18. The van der Waals surface area contributed by atoms with E-state index in [1.807, 2.05) is 6.20 Å². The summed E-state index contributed by atoms with van der Waals surface area (Å²) >= 11 is 0. The number of pyridine rings is 1. The fourth-order valence-corrected chi connectivity index (χ4v) is 2.14. The lowest BCUT2D eigenvalue weighted by molar-refractivity contribution is 0.511. The van der Waals surface area contributed by atoms with Crippen molar-refractivity contribution in [1.29, 1.82) is 0 Å². The van der Waals surface area contributed by atoms with Gasteiger partial charge in [-0.3, -0.25) is 0 Å². The van der Waals surface area contributed by atoms with Crippen molar-refractivity contribution in [3.8, 4) is 0 Å². The van der Waals surface area contributed by atoms with E-state index in [1.54, 1.807) is 6.20 Å². The zero-order valence-corrected chi connectivity index (χ0v) is 10.2. The van der Waals surface area contributed by atoms with Gasteiger partial charge in [0, 0.05) is 13.1 Å². The number of aromatic nitrogens is 2. The maximum Gasteiger partial charge on any atom is 0.180 e. The second-order valence-electron chi connectivity index (χ2n) is 4.42. The largest absolute Gasteiger partial charge is 0.447 e. The lowest BCUT2D eigenvalue weighted by Gasteiger charge is -2.16. The van der Waals surface area contributed by atoms with Gasteiger partial charge in [0.1, 0.15) is 11.6 Å². The van der Waals surface area contributed by atoms with Crippen LogP contribution in [0.4, 0.5) is 11.5 Å². The molecule has 1 aliphatic heterocycles. The van der Waals surface area contributed by atoms with Crippen LogP contribution in [-0.2, 0) is 6.54 Å². The summed E-state index contributed by atoms with van der Waals surface area (Å²) in [4.78, 5) is 10.7. The monoisotopic (exact) mass is 244 g/mol. The van der Waals surface area contributed by atoms with Crippen LogP contribution < -0.4 is 10.2 Å². The molecule has 5 heteroatoms. The van der Waals surface area contributed by atoms with E-state index in [2.05, 4.69) is 32.3 Å². The van der Waals surface area contributed by atoms with Gasteiger partial charge in [-0.15, -0.1) is 0 Å². The van der Waals surface area contributed by atoms with Crippen molar-refractivity contribution >= 4 is 11.5 Å². The van der Waals surface area contributed by atoms with Gasteiger partial charge in [-0.1, -0.05) is 0 Å². The topological polar surface area (TPSA) is 54.2 Å². The lowest BCUT2D eigenvalue weighted by atomic mass is 10.3. The van der Waals surface area contributed by atoms with Gasteiger partial charge < -0.3 is 14.6 Å². The van der Waals surface area contributed by atoms with E-state index < -0.39 is 0 Å². The summed E-state index contributed by atoms with van der Waals surface area (Å²) in [5.74, 6) is 1.89. The van der Waals surface area contributed by atoms with E-state index in [0.717, 1.165) is 30.4 Å². The molecule has 0 atom stereocenters. The third kappa shape index (κ3) is 2.45. The summed E-state index contributed by atoms with van der Waals surface area (Å²) in [6, 6.07) is 4.12. The van der Waals surface area contributed by atoms with E-state index in [-0.39, 0.29) is 0 Å². The van der Waals surface area contributed by atoms with Crippen LogP contribution in [0.3, 0.4) is 0 Å². The first-order valence-corrected chi connectivity index (χ1v) is 6.24. The van der Waals surface area contributed by atoms with Gasteiger partial charge in [0.15, 0.2) is 6.39 Å². The summed E-state index contributed by atoms with van der Waals surface area (Å²) in [5.41, 5.74) is 0.995. The minimum Gasteiger partial charge on any atom is -0.447 e. The quantitative estimate of drug-likeness (QED) is 0.894. The van der Waals surface area contributed by atoms with Gasteiger partial charge in [-0.05, 0) is 25.0 Å². The number of hydrogen-bond acceptors (Lipinski definition) is 5. The zero-order chi connectivity index (χ0) is 12.2. The van der Waals surface area contributed by atoms with Crippen LogP contribution >= 0.6 is 0 Å². The Kier molecular flexibility index (Phi) is 3.12. The molecular formula is C13H16N4O. The van der Waals surface area contributed by atoms with Gasteiger partial charge in [0.05, 0.1) is 24.6 Å². The van der Waals surface area contributed by atoms with Gasteiger partial charge in [-0.2, -0.15) is 0 Å². The Bertz CT molecular complexity index is 474. The number of hydrogen-bond donors (Lipinski definition) is 1. The molecule has 2 aromatic heterocycles. The first-order valence-electron chi connectivity index (χ1n) is 6.24. The van der Waals surface area contributed by atoms with Crippen LogP contribution in [0.5, 0.6) is 0 Å². The van der Waals surface area contributed by atoms with Gasteiger partial charge in [0.25, 0.3) is 0 Å². The van der Waals surface area contributed by atoms with Crippen LogP contribution in [0.15, 0.2) is 35.3 Å². The van der Waals surface area contributed by atoms with E-state index in [4.69, 9.17) is 4.42 Å². The van der Waals surface area contributed by atoms with Crippen LogP contribution in [0.1, 0.15) is 18.6 Å². The fourth-order valence-electron chi connectivity index (χ4n) is 2.14. The highest BCUT2D eigenvalue weighted by Crippen LogP contribution is 2.19. The van der Waals surface area contributed by atoms with Crippen molar-refractivity contribution in [2.24, 2.45) is 0 Å². The predicted molar refractivity (Wildman–Crippen MR) is 69.5 cm³/mol. The molecule has 0 unspecified atom stereocenters. The molecule has 1 saturated heterocycles. The molecule has 1 fully saturated rings. The molecule has 3 rings (SSSR count). The van der Waals surface area contributed by atoms with E-state index in [1.165, 1.54) is 19.2 Å². The summed E-state index contributed by atoms with van der Waals surface area (Å²) in [7, 11) is 0. The number of anilines is 2. The molecule has 1 N–H and O–H groups in total. The van der Waals surface area contributed by atoms with E-state index in [9.17, 15) is 0 Å². The molecule has 0 saturated carbocycles. The van der Waals surface area contributed by atoms with Crippen molar-refractivity contribution < 1.29 is 4.42 Å². The van der Waals surface area contributed by atoms with Crippen molar-refractivity contribution in [1.82, 2.24) is 9.97 Å². The standard InChI is InChI=1S/C13H16N4O/c1-2-6-17(5-1)13-4-3-11(7-16-13)15-9-12-8-14-10-18-12/h3-4,7-8,10,15H,1-2,5-6,9H2. The average Bonchev–Trinajstić information content (AvgIpc) is 3.10. The molecule has 3 heterocycles. The number of nitrogens with one attached hydrogen (secondary N) is 1. The normalized spacial score (nSPS) is 15.0. The first kappa shape index (κ1) is 11.1. The van der Waals surface area contributed by atoms with Gasteiger partial charge >= 0.3 is 0 Å². The summed E-state index contributed by atoms with van der Waals surface area (Å²) in [6.07, 6.45) is 7.55. The molecule has 0 radical (unpaired) electrons. The maximum absolute atomic E-state index is 5.16. The minimum atomic E-state index is 0.630. The number of rotatable bonds is 4. The summed E-state index contributed by atoms with van der Waals surface area (Å²) in [6.45, 7) is 2.88. The van der Waals surface area contributed by atoms with E-state index >= 15 is 0 Å². The molecule has 0 aliphatic carbocycles. The number of nitrogens with zero attached hydrogens (tertiary/aromatic N) is 3. The molecule has 0 amide bonds. The molecular weight excluding hydrogens is 228 g/mol. The number of oxazole rings is 1. The van der Waals surface area contributed by atoms with Crippen molar-refractivity contribution in [2.45, 2.75) is 19.4 Å². The van der Waals surface area contributed by atoms with Crippen LogP contribution in [-0.4, -0.2) is 23.1 Å². The van der Waals surface area contributed by atoms with Gasteiger partial charge in [0.2, 0.25) is 0 Å². The predicted octanol–water partition coefficient (Wildman–Crippen LogP) is 2.28. The third-order valence-corrected chi connectivity index (χ3v) is 3.13. The summed E-state index contributed by atoms with van der Waals surface area (Å²) in [5, 5.41) is 3.25. The second kappa shape index (κ2) is 5.08. The Hall–Kier alpha value is -2.04. The molecule has 94 valence electrons. The minimum absolute atomic E-state index is 0.630. The Labute approximate surface area is 106 Å². The van der Waals surface area contributed by atoms with Gasteiger partial charge in [-0.25, -0.2) is 9.97 Å². The molecule has 1 aliphatic rings.